The standard InChI is InChI=1S/C16H24N2S/c1-4-12(3)18(5-2)15(10-17)14-11-19-16-9-7-6-8-13(14)16/h6-9,11-12,15H,4-5,10,17H2,1-3H3. The van der Waals surface area contributed by atoms with Crippen molar-refractivity contribution in [3.8, 4) is 0 Å². The Labute approximate surface area is 120 Å². The molecule has 1 aromatic carbocycles. The molecular formula is C16H24N2S. The summed E-state index contributed by atoms with van der Waals surface area (Å²) in [6.45, 7) is 8.48. The van der Waals surface area contributed by atoms with Crippen molar-refractivity contribution < 1.29 is 0 Å². The minimum absolute atomic E-state index is 0.330. The van der Waals surface area contributed by atoms with Crippen LogP contribution in [0.2, 0.25) is 0 Å². The van der Waals surface area contributed by atoms with Gasteiger partial charge in [0.1, 0.15) is 0 Å². The van der Waals surface area contributed by atoms with E-state index in [-0.39, 0.29) is 0 Å². The maximum absolute atomic E-state index is 6.09. The van der Waals surface area contributed by atoms with Gasteiger partial charge in [0.2, 0.25) is 0 Å². The Bertz CT molecular complexity index is 520. The smallest absolute Gasteiger partial charge is 0.0487 e. The summed E-state index contributed by atoms with van der Waals surface area (Å²) in [5, 5.41) is 3.65. The van der Waals surface area contributed by atoms with Gasteiger partial charge in [-0.1, -0.05) is 32.0 Å². The van der Waals surface area contributed by atoms with Gasteiger partial charge < -0.3 is 5.73 Å². The lowest BCUT2D eigenvalue weighted by atomic mass is 10.0. The molecule has 0 aliphatic heterocycles. The number of hydrogen-bond donors (Lipinski definition) is 1. The Balaban J connectivity index is 2.40. The van der Waals surface area contributed by atoms with Crippen LogP contribution in [0, 0.1) is 0 Å². The first-order valence-corrected chi connectivity index (χ1v) is 8.02. The first-order chi connectivity index (χ1) is 9.22. The highest BCUT2D eigenvalue weighted by Crippen LogP contribution is 2.33. The van der Waals surface area contributed by atoms with Gasteiger partial charge in [-0.05, 0) is 42.3 Å². The number of thiophene rings is 1. The van der Waals surface area contributed by atoms with Gasteiger partial charge in [0, 0.05) is 23.3 Å². The molecule has 2 unspecified atom stereocenters. The fraction of sp³-hybridized carbons (Fsp3) is 0.500. The molecule has 2 N–H and O–H groups in total. The number of rotatable bonds is 6. The number of likely N-dealkylation sites (N-methyl/N-ethyl adjacent to an activating group) is 1. The lowest BCUT2D eigenvalue weighted by Gasteiger charge is -2.34. The lowest BCUT2D eigenvalue weighted by Crippen LogP contribution is -2.39. The molecule has 0 fully saturated rings. The molecule has 1 heterocycles. The summed E-state index contributed by atoms with van der Waals surface area (Å²) in [5.41, 5.74) is 7.48. The fourth-order valence-electron chi connectivity index (χ4n) is 2.77. The van der Waals surface area contributed by atoms with Gasteiger partial charge >= 0.3 is 0 Å². The largest absolute Gasteiger partial charge is 0.329 e. The van der Waals surface area contributed by atoms with E-state index in [2.05, 4.69) is 55.3 Å². The van der Waals surface area contributed by atoms with Crippen LogP contribution in [0.3, 0.4) is 0 Å². The first-order valence-electron chi connectivity index (χ1n) is 7.14. The third-order valence-electron chi connectivity index (χ3n) is 4.02. The molecule has 0 bridgehead atoms. The van der Waals surface area contributed by atoms with E-state index >= 15 is 0 Å². The van der Waals surface area contributed by atoms with Crippen LogP contribution in [0.1, 0.15) is 38.8 Å². The SMILES string of the molecule is CCC(C)N(CC)C(CN)c1csc2ccccc12. The molecule has 3 heteroatoms. The molecule has 2 atom stereocenters. The minimum Gasteiger partial charge on any atom is -0.329 e. The van der Waals surface area contributed by atoms with Gasteiger partial charge in [0.25, 0.3) is 0 Å². The molecule has 2 aromatic rings. The summed E-state index contributed by atoms with van der Waals surface area (Å²) in [6, 6.07) is 9.52. The normalized spacial score (nSPS) is 15.0. The fourth-order valence-corrected chi connectivity index (χ4v) is 3.78. The Morgan fingerprint density at radius 2 is 2.00 bits per heavy atom. The van der Waals surface area contributed by atoms with E-state index in [1.807, 2.05) is 11.3 Å². The zero-order chi connectivity index (χ0) is 13.8. The van der Waals surface area contributed by atoms with Crippen molar-refractivity contribution in [3.05, 3.63) is 35.2 Å². The third kappa shape index (κ3) is 2.83. The first kappa shape index (κ1) is 14.5. The molecule has 2 rings (SSSR count). The van der Waals surface area contributed by atoms with E-state index in [0.717, 1.165) is 13.0 Å². The average molecular weight is 276 g/mol. The Hall–Kier alpha value is -0.900. The van der Waals surface area contributed by atoms with Crippen LogP contribution in [0.25, 0.3) is 10.1 Å². The predicted molar refractivity (Wildman–Crippen MR) is 85.8 cm³/mol. The van der Waals surface area contributed by atoms with Crippen molar-refractivity contribution in [1.82, 2.24) is 4.90 Å². The molecule has 1 aromatic heterocycles. The number of nitrogens with two attached hydrogens (primary N) is 1. The van der Waals surface area contributed by atoms with Crippen molar-refractivity contribution >= 4 is 21.4 Å². The van der Waals surface area contributed by atoms with Crippen molar-refractivity contribution in [3.63, 3.8) is 0 Å². The lowest BCUT2D eigenvalue weighted by molar-refractivity contribution is 0.153. The summed E-state index contributed by atoms with van der Waals surface area (Å²) < 4.78 is 1.36. The molecule has 0 spiro atoms. The van der Waals surface area contributed by atoms with Gasteiger partial charge in [-0.3, -0.25) is 4.90 Å². The molecule has 0 aliphatic carbocycles. The second-order valence-electron chi connectivity index (χ2n) is 5.03. The van der Waals surface area contributed by atoms with E-state index in [4.69, 9.17) is 5.73 Å². The third-order valence-corrected chi connectivity index (χ3v) is 5.00. The topological polar surface area (TPSA) is 29.3 Å². The maximum atomic E-state index is 6.09. The zero-order valence-electron chi connectivity index (χ0n) is 12.1. The van der Waals surface area contributed by atoms with Crippen LogP contribution in [0.4, 0.5) is 0 Å². The molecule has 0 saturated carbocycles. The number of benzene rings is 1. The van der Waals surface area contributed by atoms with Crippen LogP contribution >= 0.6 is 11.3 Å². The van der Waals surface area contributed by atoms with Gasteiger partial charge in [-0.15, -0.1) is 11.3 Å². The van der Waals surface area contributed by atoms with E-state index in [1.165, 1.54) is 15.6 Å². The van der Waals surface area contributed by atoms with Crippen LogP contribution in [-0.4, -0.2) is 24.0 Å². The molecule has 2 nitrogen and oxygen atoms in total. The highest BCUT2D eigenvalue weighted by molar-refractivity contribution is 7.17. The number of fused-ring (bicyclic) bond motifs is 1. The van der Waals surface area contributed by atoms with Crippen LogP contribution in [0.5, 0.6) is 0 Å². The van der Waals surface area contributed by atoms with Crippen molar-refractivity contribution in [2.45, 2.75) is 39.3 Å². The van der Waals surface area contributed by atoms with Crippen LogP contribution in [0.15, 0.2) is 29.6 Å². The highest BCUT2D eigenvalue weighted by atomic mass is 32.1. The van der Waals surface area contributed by atoms with Crippen molar-refractivity contribution in [2.24, 2.45) is 5.73 Å². The van der Waals surface area contributed by atoms with E-state index in [0.29, 0.717) is 18.6 Å². The van der Waals surface area contributed by atoms with E-state index < -0.39 is 0 Å². The second kappa shape index (κ2) is 6.51. The summed E-state index contributed by atoms with van der Waals surface area (Å²) in [4.78, 5) is 2.52. The summed E-state index contributed by atoms with van der Waals surface area (Å²) in [5.74, 6) is 0. The molecule has 0 radical (unpaired) electrons. The minimum atomic E-state index is 0.330. The molecule has 0 saturated heterocycles. The summed E-state index contributed by atoms with van der Waals surface area (Å²) >= 11 is 1.82. The summed E-state index contributed by atoms with van der Waals surface area (Å²) in [7, 11) is 0. The van der Waals surface area contributed by atoms with Crippen molar-refractivity contribution in [1.29, 1.82) is 0 Å². The zero-order valence-corrected chi connectivity index (χ0v) is 12.9. The van der Waals surface area contributed by atoms with E-state index in [1.54, 1.807) is 0 Å². The monoisotopic (exact) mass is 276 g/mol. The summed E-state index contributed by atoms with van der Waals surface area (Å²) in [6.07, 6.45) is 1.16. The molecule has 0 aliphatic rings. The molecule has 19 heavy (non-hydrogen) atoms. The van der Waals surface area contributed by atoms with Crippen LogP contribution < -0.4 is 5.73 Å². The highest BCUT2D eigenvalue weighted by Gasteiger charge is 2.23. The predicted octanol–water partition coefficient (Wildman–Crippen LogP) is 4.02. The van der Waals surface area contributed by atoms with Crippen LogP contribution in [-0.2, 0) is 0 Å². The maximum Gasteiger partial charge on any atom is 0.0487 e. The molecular weight excluding hydrogens is 252 g/mol. The average Bonchev–Trinajstić information content (AvgIpc) is 2.87. The Kier molecular flexibility index (Phi) is 4.97. The van der Waals surface area contributed by atoms with Gasteiger partial charge in [-0.2, -0.15) is 0 Å². The Morgan fingerprint density at radius 1 is 1.26 bits per heavy atom. The van der Waals surface area contributed by atoms with Crippen molar-refractivity contribution in [2.75, 3.05) is 13.1 Å². The van der Waals surface area contributed by atoms with Gasteiger partial charge in [-0.25, -0.2) is 0 Å². The Morgan fingerprint density at radius 3 is 2.63 bits per heavy atom. The number of nitrogens with zero attached hydrogens (tertiary/aromatic N) is 1. The van der Waals surface area contributed by atoms with Gasteiger partial charge in [0.15, 0.2) is 0 Å². The molecule has 104 valence electrons. The quantitative estimate of drug-likeness (QED) is 0.863. The van der Waals surface area contributed by atoms with E-state index in [9.17, 15) is 0 Å². The second-order valence-corrected chi connectivity index (χ2v) is 5.94. The number of hydrogen-bond acceptors (Lipinski definition) is 3. The molecule has 0 amide bonds. The van der Waals surface area contributed by atoms with Gasteiger partial charge in [0.05, 0.1) is 0 Å².